The van der Waals surface area contributed by atoms with Crippen LogP contribution < -0.4 is 0 Å². The first-order valence-corrected chi connectivity index (χ1v) is 7.74. The summed E-state index contributed by atoms with van der Waals surface area (Å²) in [5.74, 6) is -0.397. The van der Waals surface area contributed by atoms with Crippen LogP contribution >= 0.6 is 31.9 Å². The van der Waals surface area contributed by atoms with Crippen molar-refractivity contribution in [3.05, 3.63) is 68.0 Å². The second-order valence-corrected chi connectivity index (χ2v) is 6.42. The zero-order valence-electron chi connectivity index (χ0n) is 10.9. The second kappa shape index (κ2) is 5.39. The minimum atomic E-state index is -0.399. The standard InChI is InChI=1S/C16H9Br2FO2/c1-8-11-4-2-9(17)6-14(11)21-16(8)15(20)12-5-3-10(19)7-13(12)18/h2-7H,1H3. The Labute approximate surface area is 137 Å². The average molecular weight is 412 g/mol. The van der Waals surface area contributed by atoms with E-state index in [9.17, 15) is 9.18 Å². The van der Waals surface area contributed by atoms with Crippen LogP contribution in [-0.4, -0.2) is 5.78 Å². The Morgan fingerprint density at radius 1 is 1.14 bits per heavy atom. The molecule has 0 aliphatic heterocycles. The van der Waals surface area contributed by atoms with Gasteiger partial charge in [0.1, 0.15) is 11.4 Å². The monoisotopic (exact) mass is 410 g/mol. The first kappa shape index (κ1) is 14.5. The Hall–Kier alpha value is -1.46. The first-order valence-electron chi connectivity index (χ1n) is 6.16. The molecule has 2 aromatic carbocycles. The van der Waals surface area contributed by atoms with Gasteiger partial charge in [-0.05, 0) is 59.3 Å². The van der Waals surface area contributed by atoms with Crippen LogP contribution in [0.3, 0.4) is 0 Å². The third kappa shape index (κ3) is 2.56. The summed E-state index contributed by atoms with van der Waals surface area (Å²) in [4.78, 5) is 12.6. The zero-order valence-corrected chi connectivity index (χ0v) is 14.1. The van der Waals surface area contributed by atoms with E-state index in [1.807, 2.05) is 25.1 Å². The summed E-state index contributed by atoms with van der Waals surface area (Å²) in [5.41, 5.74) is 1.79. The molecule has 1 aromatic heterocycles. The van der Waals surface area contributed by atoms with Crippen molar-refractivity contribution >= 4 is 48.6 Å². The van der Waals surface area contributed by atoms with Crippen LogP contribution in [0.1, 0.15) is 21.7 Å². The molecule has 0 saturated heterocycles. The predicted octanol–water partition coefficient (Wildman–Crippen LogP) is 5.64. The molecule has 21 heavy (non-hydrogen) atoms. The zero-order chi connectivity index (χ0) is 15.1. The second-order valence-electron chi connectivity index (χ2n) is 4.65. The fourth-order valence-corrected chi connectivity index (χ4v) is 3.08. The van der Waals surface area contributed by atoms with Gasteiger partial charge in [0.15, 0.2) is 5.76 Å². The third-order valence-corrected chi connectivity index (χ3v) is 4.43. The highest BCUT2D eigenvalue weighted by atomic mass is 79.9. The summed E-state index contributed by atoms with van der Waals surface area (Å²) in [5, 5.41) is 0.889. The summed E-state index contributed by atoms with van der Waals surface area (Å²) in [6, 6.07) is 9.58. The third-order valence-electron chi connectivity index (χ3n) is 3.28. The van der Waals surface area contributed by atoms with Gasteiger partial charge in [0, 0.05) is 25.5 Å². The average Bonchev–Trinajstić information content (AvgIpc) is 2.75. The lowest BCUT2D eigenvalue weighted by molar-refractivity contribution is 0.101. The number of carbonyl (C=O) groups is 1. The number of benzene rings is 2. The minimum absolute atomic E-state index is 0.272. The van der Waals surface area contributed by atoms with Gasteiger partial charge >= 0.3 is 0 Å². The number of halogens is 3. The number of hydrogen-bond acceptors (Lipinski definition) is 2. The van der Waals surface area contributed by atoms with E-state index in [-0.39, 0.29) is 11.5 Å². The molecule has 0 aliphatic rings. The molecule has 0 bridgehead atoms. The molecule has 106 valence electrons. The number of ketones is 1. The Morgan fingerprint density at radius 3 is 2.62 bits per heavy atom. The molecular formula is C16H9Br2FO2. The van der Waals surface area contributed by atoms with E-state index in [2.05, 4.69) is 31.9 Å². The van der Waals surface area contributed by atoms with E-state index < -0.39 is 5.82 Å². The van der Waals surface area contributed by atoms with Crippen LogP contribution in [0.15, 0.2) is 49.8 Å². The van der Waals surface area contributed by atoms with E-state index in [4.69, 9.17) is 4.42 Å². The lowest BCUT2D eigenvalue weighted by Gasteiger charge is -2.02. The Morgan fingerprint density at radius 2 is 1.90 bits per heavy atom. The number of hydrogen-bond donors (Lipinski definition) is 0. The largest absolute Gasteiger partial charge is 0.452 e. The van der Waals surface area contributed by atoms with Gasteiger partial charge in [0.2, 0.25) is 5.78 Å². The molecule has 2 nitrogen and oxygen atoms in total. The van der Waals surface area contributed by atoms with Crippen molar-refractivity contribution in [2.75, 3.05) is 0 Å². The van der Waals surface area contributed by atoms with Gasteiger partial charge in [0.25, 0.3) is 0 Å². The van der Waals surface area contributed by atoms with Crippen molar-refractivity contribution in [3.63, 3.8) is 0 Å². The molecule has 5 heteroatoms. The van der Waals surface area contributed by atoms with Crippen LogP contribution in [-0.2, 0) is 0 Å². The van der Waals surface area contributed by atoms with E-state index >= 15 is 0 Å². The van der Waals surface area contributed by atoms with Gasteiger partial charge in [-0.15, -0.1) is 0 Å². The van der Waals surface area contributed by atoms with Crippen LogP contribution in [0, 0.1) is 12.7 Å². The van der Waals surface area contributed by atoms with Gasteiger partial charge in [-0.25, -0.2) is 4.39 Å². The van der Waals surface area contributed by atoms with Crippen LogP contribution in [0.2, 0.25) is 0 Å². The molecule has 0 aliphatic carbocycles. The van der Waals surface area contributed by atoms with Crippen molar-refractivity contribution in [2.24, 2.45) is 0 Å². The highest BCUT2D eigenvalue weighted by Gasteiger charge is 2.21. The number of fused-ring (bicyclic) bond motifs is 1. The lowest BCUT2D eigenvalue weighted by atomic mass is 10.0. The van der Waals surface area contributed by atoms with E-state index in [1.165, 1.54) is 18.2 Å². The maximum atomic E-state index is 13.1. The fourth-order valence-electron chi connectivity index (χ4n) is 2.21. The molecule has 3 rings (SSSR count). The summed E-state index contributed by atoms with van der Waals surface area (Å²) >= 11 is 6.59. The summed E-state index contributed by atoms with van der Waals surface area (Å²) in [6.45, 7) is 1.84. The maximum Gasteiger partial charge on any atom is 0.229 e. The van der Waals surface area contributed by atoms with Crippen LogP contribution in [0.5, 0.6) is 0 Å². The Bertz CT molecular complexity index is 868. The van der Waals surface area contributed by atoms with Crippen LogP contribution in [0.25, 0.3) is 11.0 Å². The summed E-state index contributed by atoms with van der Waals surface area (Å²) in [7, 11) is 0. The Balaban J connectivity index is 2.15. The fraction of sp³-hybridized carbons (Fsp3) is 0.0625. The summed E-state index contributed by atoms with van der Waals surface area (Å²) in [6.07, 6.45) is 0. The molecule has 0 N–H and O–H groups in total. The molecule has 3 aromatic rings. The number of furan rings is 1. The quantitative estimate of drug-likeness (QED) is 0.511. The van der Waals surface area contributed by atoms with Gasteiger partial charge in [0.05, 0.1) is 0 Å². The maximum absolute atomic E-state index is 13.1. The normalized spacial score (nSPS) is 11.0. The topological polar surface area (TPSA) is 30.2 Å². The van der Waals surface area contributed by atoms with Gasteiger partial charge in [-0.2, -0.15) is 0 Å². The van der Waals surface area contributed by atoms with Gasteiger partial charge in [-0.3, -0.25) is 4.79 Å². The van der Waals surface area contributed by atoms with Crippen molar-refractivity contribution in [1.82, 2.24) is 0 Å². The van der Waals surface area contributed by atoms with E-state index in [0.29, 0.717) is 15.6 Å². The number of rotatable bonds is 2. The number of aryl methyl sites for hydroxylation is 1. The molecule has 0 atom stereocenters. The highest BCUT2D eigenvalue weighted by Crippen LogP contribution is 2.30. The molecule has 0 saturated carbocycles. The predicted molar refractivity (Wildman–Crippen MR) is 86.2 cm³/mol. The van der Waals surface area contributed by atoms with Crippen molar-refractivity contribution in [3.8, 4) is 0 Å². The minimum Gasteiger partial charge on any atom is -0.452 e. The molecule has 1 heterocycles. The smallest absolute Gasteiger partial charge is 0.229 e. The van der Waals surface area contributed by atoms with E-state index in [1.54, 1.807) is 0 Å². The molecule has 0 spiro atoms. The summed E-state index contributed by atoms with van der Waals surface area (Å²) < 4.78 is 20.1. The molecule has 0 fully saturated rings. The van der Waals surface area contributed by atoms with Crippen molar-refractivity contribution in [1.29, 1.82) is 0 Å². The molecule has 0 unspecified atom stereocenters. The van der Waals surface area contributed by atoms with Crippen molar-refractivity contribution < 1.29 is 13.6 Å². The highest BCUT2D eigenvalue weighted by molar-refractivity contribution is 9.10. The van der Waals surface area contributed by atoms with E-state index in [0.717, 1.165) is 15.4 Å². The van der Waals surface area contributed by atoms with Gasteiger partial charge < -0.3 is 4.42 Å². The molecular weight excluding hydrogens is 403 g/mol. The number of carbonyl (C=O) groups excluding carboxylic acids is 1. The van der Waals surface area contributed by atoms with Crippen LogP contribution in [0.4, 0.5) is 4.39 Å². The molecule has 0 radical (unpaired) electrons. The van der Waals surface area contributed by atoms with Gasteiger partial charge in [-0.1, -0.05) is 15.9 Å². The Kier molecular flexibility index (Phi) is 3.71. The lowest BCUT2D eigenvalue weighted by Crippen LogP contribution is -2.02. The first-order chi connectivity index (χ1) is 9.97. The van der Waals surface area contributed by atoms with Crippen molar-refractivity contribution in [2.45, 2.75) is 6.92 Å². The molecule has 0 amide bonds. The SMILES string of the molecule is Cc1c(C(=O)c2ccc(F)cc2Br)oc2cc(Br)ccc12.